The van der Waals surface area contributed by atoms with E-state index in [1.807, 2.05) is 13.8 Å². The summed E-state index contributed by atoms with van der Waals surface area (Å²) in [4.78, 5) is 50.0. The fraction of sp³-hybridized carbons (Fsp3) is 0.600. The molecular weight excluding hydrogens is 362 g/mol. The lowest BCUT2D eigenvalue weighted by molar-refractivity contribution is -0.146. The predicted octanol–water partition coefficient (Wildman–Crippen LogP) is 2.35. The van der Waals surface area contributed by atoms with Crippen LogP contribution in [0.5, 0.6) is 0 Å². The molecule has 1 aliphatic rings. The van der Waals surface area contributed by atoms with Crippen LogP contribution in [0.4, 0.5) is 4.79 Å². The van der Waals surface area contributed by atoms with Gasteiger partial charge in [-0.3, -0.25) is 19.3 Å². The molecule has 1 aromatic heterocycles. The standard InChI is InChI=1S/C20H29N3O5/c1-6-9-22-13(4)10-15(14(22)5)16(24)12-28-17(25)11-23-18(26)20(7-2,8-3)21-19(23)27/h10H,6-9,11-12H2,1-5H3,(H,21,27). The molecular formula is C20H29N3O5. The van der Waals surface area contributed by atoms with Gasteiger partial charge in [0, 0.05) is 23.5 Å². The molecule has 3 amide bonds. The first-order valence-corrected chi connectivity index (χ1v) is 9.70. The van der Waals surface area contributed by atoms with E-state index in [4.69, 9.17) is 4.74 Å². The van der Waals surface area contributed by atoms with Crippen molar-refractivity contribution < 1.29 is 23.9 Å². The number of carbonyl (C=O) groups is 4. The molecule has 1 saturated heterocycles. The van der Waals surface area contributed by atoms with Crippen LogP contribution in [0.2, 0.25) is 0 Å². The monoisotopic (exact) mass is 391 g/mol. The van der Waals surface area contributed by atoms with Crippen molar-refractivity contribution in [3.05, 3.63) is 23.0 Å². The SMILES string of the molecule is CCCn1c(C)cc(C(=O)COC(=O)CN2C(=O)NC(CC)(CC)C2=O)c1C. The van der Waals surface area contributed by atoms with Crippen LogP contribution < -0.4 is 5.32 Å². The molecule has 1 aromatic rings. The molecule has 2 rings (SSSR count). The third-order valence-electron chi connectivity index (χ3n) is 5.43. The number of aryl methyl sites for hydroxylation is 1. The first-order valence-electron chi connectivity index (χ1n) is 9.70. The second-order valence-electron chi connectivity index (χ2n) is 7.13. The van der Waals surface area contributed by atoms with E-state index in [1.165, 1.54) is 0 Å². The summed E-state index contributed by atoms with van der Waals surface area (Å²) in [6, 6.07) is 1.18. The van der Waals surface area contributed by atoms with Gasteiger partial charge in [0.25, 0.3) is 5.91 Å². The van der Waals surface area contributed by atoms with Crippen molar-refractivity contribution in [1.29, 1.82) is 0 Å². The smallest absolute Gasteiger partial charge is 0.326 e. The molecule has 28 heavy (non-hydrogen) atoms. The molecule has 0 unspecified atom stereocenters. The second-order valence-corrected chi connectivity index (χ2v) is 7.13. The molecule has 1 fully saturated rings. The number of Topliss-reactive ketones (excluding diaryl/α,β-unsaturated/α-hetero) is 1. The number of nitrogens with one attached hydrogen (secondary N) is 1. The van der Waals surface area contributed by atoms with Crippen LogP contribution in [0.25, 0.3) is 0 Å². The summed E-state index contributed by atoms with van der Waals surface area (Å²) >= 11 is 0. The van der Waals surface area contributed by atoms with E-state index < -0.39 is 36.6 Å². The Labute approximate surface area is 165 Å². The van der Waals surface area contributed by atoms with Crippen LogP contribution in [0.1, 0.15) is 61.8 Å². The quantitative estimate of drug-likeness (QED) is 0.396. The summed E-state index contributed by atoms with van der Waals surface area (Å²) in [5, 5.41) is 2.65. The number of ketones is 1. The van der Waals surface area contributed by atoms with Crippen molar-refractivity contribution in [2.75, 3.05) is 13.2 Å². The maximum absolute atomic E-state index is 12.5. The van der Waals surface area contributed by atoms with E-state index in [0.717, 1.165) is 29.3 Å². The molecule has 2 heterocycles. The van der Waals surface area contributed by atoms with Gasteiger partial charge in [-0.2, -0.15) is 0 Å². The highest BCUT2D eigenvalue weighted by atomic mass is 16.5. The molecule has 8 heteroatoms. The number of hydrogen-bond donors (Lipinski definition) is 1. The maximum Gasteiger partial charge on any atom is 0.326 e. The number of rotatable bonds is 9. The van der Waals surface area contributed by atoms with Crippen LogP contribution in [0.15, 0.2) is 6.07 Å². The van der Waals surface area contributed by atoms with E-state index >= 15 is 0 Å². The van der Waals surface area contributed by atoms with Gasteiger partial charge in [0.1, 0.15) is 12.1 Å². The van der Waals surface area contributed by atoms with Gasteiger partial charge >= 0.3 is 12.0 Å². The molecule has 8 nitrogen and oxygen atoms in total. The lowest BCUT2D eigenvalue weighted by Gasteiger charge is -2.22. The van der Waals surface area contributed by atoms with Crippen molar-refractivity contribution in [3.63, 3.8) is 0 Å². The topological polar surface area (TPSA) is 97.7 Å². The number of ether oxygens (including phenoxy) is 1. The van der Waals surface area contributed by atoms with Crippen LogP contribution in [0, 0.1) is 13.8 Å². The molecule has 154 valence electrons. The van der Waals surface area contributed by atoms with Gasteiger partial charge in [-0.15, -0.1) is 0 Å². The Bertz CT molecular complexity index is 792. The lowest BCUT2D eigenvalue weighted by Crippen LogP contribution is -2.46. The molecule has 0 radical (unpaired) electrons. The molecule has 0 aliphatic carbocycles. The summed E-state index contributed by atoms with van der Waals surface area (Å²) in [7, 11) is 0. The zero-order valence-electron chi connectivity index (χ0n) is 17.3. The normalized spacial score (nSPS) is 15.7. The minimum absolute atomic E-state index is 0.308. The lowest BCUT2D eigenvalue weighted by atomic mass is 9.93. The van der Waals surface area contributed by atoms with Crippen molar-refractivity contribution in [3.8, 4) is 0 Å². The van der Waals surface area contributed by atoms with Crippen LogP contribution in [-0.2, 0) is 20.9 Å². The van der Waals surface area contributed by atoms with Crippen LogP contribution in [-0.4, -0.2) is 51.8 Å². The average Bonchev–Trinajstić information content (AvgIpc) is 3.09. The third-order valence-corrected chi connectivity index (χ3v) is 5.43. The molecule has 0 aromatic carbocycles. The Balaban J connectivity index is 1.98. The highest BCUT2D eigenvalue weighted by Crippen LogP contribution is 2.24. The van der Waals surface area contributed by atoms with E-state index in [2.05, 4.69) is 16.8 Å². The number of esters is 1. The zero-order valence-corrected chi connectivity index (χ0v) is 17.3. The van der Waals surface area contributed by atoms with Crippen molar-refractivity contribution in [2.45, 2.75) is 66.0 Å². The Morgan fingerprint density at radius 3 is 2.32 bits per heavy atom. The number of nitrogens with zero attached hydrogens (tertiary/aromatic N) is 2. The highest BCUT2D eigenvalue weighted by Gasteiger charge is 2.49. The number of aromatic nitrogens is 1. The molecule has 1 N–H and O–H groups in total. The Morgan fingerprint density at radius 1 is 1.14 bits per heavy atom. The Hall–Kier alpha value is -2.64. The Kier molecular flexibility index (Phi) is 6.64. The van der Waals surface area contributed by atoms with Gasteiger partial charge in [0.15, 0.2) is 6.61 Å². The van der Waals surface area contributed by atoms with Gasteiger partial charge in [-0.1, -0.05) is 20.8 Å². The van der Waals surface area contributed by atoms with E-state index in [9.17, 15) is 19.2 Å². The summed E-state index contributed by atoms with van der Waals surface area (Å²) < 4.78 is 7.10. The van der Waals surface area contributed by atoms with Gasteiger partial charge in [-0.25, -0.2) is 4.79 Å². The van der Waals surface area contributed by atoms with Gasteiger partial charge in [0.2, 0.25) is 5.78 Å². The van der Waals surface area contributed by atoms with Crippen molar-refractivity contribution in [1.82, 2.24) is 14.8 Å². The third kappa shape index (κ3) is 3.95. The summed E-state index contributed by atoms with van der Waals surface area (Å²) in [5.41, 5.74) is 1.36. The minimum atomic E-state index is -0.968. The van der Waals surface area contributed by atoms with Gasteiger partial charge in [-0.05, 0) is 39.2 Å². The van der Waals surface area contributed by atoms with Crippen LogP contribution in [0.3, 0.4) is 0 Å². The largest absolute Gasteiger partial charge is 0.456 e. The minimum Gasteiger partial charge on any atom is -0.456 e. The first-order chi connectivity index (χ1) is 13.2. The van der Waals surface area contributed by atoms with E-state index in [1.54, 1.807) is 19.9 Å². The summed E-state index contributed by atoms with van der Waals surface area (Å²) in [6.07, 6.45) is 1.82. The number of amides is 3. The molecule has 0 spiro atoms. The number of urea groups is 1. The molecule has 0 bridgehead atoms. The molecule has 0 atom stereocenters. The predicted molar refractivity (Wildman–Crippen MR) is 103 cm³/mol. The van der Waals surface area contributed by atoms with Crippen LogP contribution >= 0.6 is 0 Å². The van der Waals surface area contributed by atoms with Crippen molar-refractivity contribution >= 4 is 23.7 Å². The van der Waals surface area contributed by atoms with Gasteiger partial charge in [0.05, 0.1) is 0 Å². The van der Waals surface area contributed by atoms with E-state index in [-0.39, 0.29) is 5.78 Å². The van der Waals surface area contributed by atoms with Crippen molar-refractivity contribution in [2.24, 2.45) is 0 Å². The maximum atomic E-state index is 12.5. The van der Waals surface area contributed by atoms with E-state index in [0.29, 0.717) is 18.4 Å². The number of carbonyl (C=O) groups excluding carboxylic acids is 4. The summed E-state index contributed by atoms with van der Waals surface area (Å²) in [6.45, 7) is 9.34. The Morgan fingerprint density at radius 2 is 1.79 bits per heavy atom. The summed E-state index contributed by atoms with van der Waals surface area (Å²) in [5.74, 6) is -1.53. The zero-order chi connectivity index (χ0) is 21.1. The second kappa shape index (κ2) is 8.58. The average molecular weight is 391 g/mol. The van der Waals surface area contributed by atoms with Gasteiger partial charge < -0.3 is 14.6 Å². The first kappa shape index (κ1) is 21.7. The molecule has 0 saturated carbocycles. The number of hydrogen-bond acceptors (Lipinski definition) is 5. The fourth-order valence-electron chi connectivity index (χ4n) is 3.60. The fourth-order valence-corrected chi connectivity index (χ4v) is 3.60. The number of imide groups is 1. The highest BCUT2D eigenvalue weighted by molar-refractivity contribution is 6.08. The molecule has 1 aliphatic heterocycles.